The Labute approximate surface area is 450 Å². The second kappa shape index (κ2) is 20.9. The van der Waals surface area contributed by atoms with E-state index >= 15 is 9.18 Å². The minimum Gasteiger partial charge on any atom is -0.357 e. The molecule has 1 atom stereocenters. The highest BCUT2D eigenvalue weighted by molar-refractivity contribution is 6.09. The van der Waals surface area contributed by atoms with E-state index in [-0.39, 0.29) is 71.2 Å². The lowest BCUT2D eigenvalue weighted by Crippen LogP contribution is -2.58. The van der Waals surface area contributed by atoms with Gasteiger partial charge in [0, 0.05) is 93.1 Å². The van der Waals surface area contributed by atoms with Gasteiger partial charge in [-0.15, -0.1) is 0 Å². The number of nitrogens with zero attached hydrogens (tertiary/aromatic N) is 9. The molecule has 5 aromatic rings. The number of rotatable bonds is 11. The molecule has 2 aliphatic carbocycles. The van der Waals surface area contributed by atoms with Gasteiger partial charge in [0.05, 0.1) is 34.6 Å². The molecule has 404 valence electrons. The third-order valence-electron chi connectivity index (χ3n) is 18.7. The monoisotopic (exact) mass is 1050 g/mol. The molecule has 8 heterocycles. The van der Waals surface area contributed by atoms with Gasteiger partial charge in [0.2, 0.25) is 29.5 Å². The fraction of sp³-hybridized carbons (Fsp3) is 0.533. The summed E-state index contributed by atoms with van der Waals surface area (Å²) >= 11 is 0. The number of anilines is 4. The molecule has 4 saturated heterocycles. The van der Waals surface area contributed by atoms with Gasteiger partial charge in [-0.3, -0.25) is 29.3 Å². The van der Waals surface area contributed by atoms with Gasteiger partial charge in [-0.25, -0.2) is 19.3 Å². The standard InChI is InChI=1S/C60H72FN11O5/c1-37(2)71-36-63-50-34-49(65-55(54(50)71)64-48-10-6-5-9-47(48)61)40-15-18-46-51(31-40)72(44-32-43(33-44)68-25-7-4-8-26-68)59(77)60(46)23-29-70(30-24-60)58(76)39-13-11-38(12-14-39)57(75)69-27-21-42(22-28-69)67(3)52-19-16-41(35-62-52)45-17-20-53(73)66-56(45)74/h5-6,9-10,15-16,18-19,31,34-39,42-45H,4,7-8,11-14,17,20-30,32-33H2,1-3H3,(H,64,65)(H,66,73,74)/t38?,39?,43?,44?,45-/m1/s1. The first kappa shape index (κ1) is 51.0. The van der Waals surface area contributed by atoms with Crippen LogP contribution in [0.25, 0.3) is 22.3 Å². The lowest BCUT2D eigenvalue weighted by molar-refractivity contribution is -0.143. The van der Waals surface area contributed by atoms with Gasteiger partial charge in [0.15, 0.2) is 5.82 Å². The highest BCUT2D eigenvalue weighted by Crippen LogP contribution is 2.53. The van der Waals surface area contributed by atoms with E-state index in [1.54, 1.807) is 30.7 Å². The summed E-state index contributed by atoms with van der Waals surface area (Å²) in [5, 5.41) is 5.72. The number of imide groups is 1. The highest BCUT2D eigenvalue weighted by atomic mass is 19.1. The third kappa shape index (κ3) is 9.53. The van der Waals surface area contributed by atoms with E-state index in [1.807, 2.05) is 39.6 Å². The van der Waals surface area contributed by atoms with E-state index in [1.165, 1.54) is 25.3 Å². The zero-order chi connectivity index (χ0) is 53.1. The van der Waals surface area contributed by atoms with Crippen LogP contribution in [-0.2, 0) is 29.4 Å². The van der Waals surface area contributed by atoms with Crippen LogP contribution in [0.15, 0.2) is 73.2 Å². The molecule has 3 aromatic heterocycles. The second-order valence-corrected chi connectivity index (χ2v) is 23.4. The number of hydrogen-bond donors (Lipinski definition) is 2. The molecule has 2 saturated carbocycles. The number of fused-ring (bicyclic) bond motifs is 3. The SMILES string of the molecule is CC(C)n1cnc2cc(-c3ccc4c(c3)N(C3CC(N5CCCCC5)C3)C(=O)C43CCN(C(=O)C4CCC(C(=O)N5CCC(N(C)c6ccc([C@H]7CCC(=O)NC7=O)cn6)CC5)CC4)CC3)nc(Nc3ccccc3F)c21. The summed E-state index contributed by atoms with van der Waals surface area (Å²) in [6, 6.07) is 19.6. The maximum atomic E-state index is 15.3. The average Bonchev–Trinajstić information content (AvgIpc) is 4.20. The molecular formula is C60H72FN11O5. The predicted molar refractivity (Wildman–Crippen MR) is 293 cm³/mol. The number of amides is 5. The van der Waals surface area contributed by atoms with Crippen molar-refractivity contribution in [3.8, 4) is 11.3 Å². The fourth-order valence-electron chi connectivity index (χ4n) is 14.0. The van der Waals surface area contributed by atoms with Gasteiger partial charge in [0.1, 0.15) is 17.2 Å². The fourth-order valence-corrected chi connectivity index (χ4v) is 14.0. The molecule has 77 heavy (non-hydrogen) atoms. The molecule has 0 unspecified atom stereocenters. The molecule has 0 radical (unpaired) electrons. The number of carbonyl (C=O) groups excluding carboxylic acids is 5. The van der Waals surface area contributed by atoms with Gasteiger partial charge < -0.3 is 34.4 Å². The van der Waals surface area contributed by atoms with Crippen LogP contribution in [0.5, 0.6) is 0 Å². The second-order valence-electron chi connectivity index (χ2n) is 23.4. The number of benzene rings is 2. The molecule has 6 fully saturated rings. The van der Waals surface area contributed by atoms with Crippen molar-refractivity contribution in [3.05, 3.63) is 90.1 Å². The van der Waals surface area contributed by atoms with Crippen LogP contribution < -0.4 is 20.4 Å². The summed E-state index contributed by atoms with van der Waals surface area (Å²) < 4.78 is 17.2. The molecule has 5 amide bonds. The molecule has 2 N–H and O–H groups in total. The van der Waals surface area contributed by atoms with Crippen LogP contribution in [0.4, 0.5) is 27.4 Å². The van der Waals surface area contributed by atoms with Crippen LogP contribution >= 0.6 is 0 Å². The molecule has 0 bridgehead atoms. The van der Waals surface area contributed by atoms with Crippen molar-refractivity contribution in [2.24, 2.45) is 11.8 Å². The van der Waals surface area contributed by atoms with E-state index < -0.39 is 5.41 Å². The Bertz CT molecular complexity index is 3070. The first-order chi connectivity index (χ1) is 37.3. The first-order valence-electron chi connectivity index (χ1n) is 28.6. The Morgan fingerprint density at radius 2 is 1.49 bits per heavy atom. The van der Waals surface area contributed by atoms with Crippen LogP contribution in [-0.4, -0.2) is 128 Å². The number of hydrogen-bond acceptors (Lipinski definition) is 11. The van der Waals surface area contributed by atoms with E-state index in [9.17, 15) is 19.2 Å². The van der Waals surface area contributed by atoms with Crippen LogP contribution in [0, 0.1) is 17.7 Å². The van der Waals surface area contributed by atoms with E-state index in [0.717, 1.165) is 78.0 Å². The summed E-state index contributed by atoms with van der Waals surface area (Å²) in [5.41, 5.74) is 5.41. The van der Waals surface area contributed by atoms with Crippen molar-refractivity contribution in [3.63, 3.8) is 0 Å². The summed E-state index contributed by atoms with van der Waals surface area (Å²) in [6.07, 6.45) is 15.5. The zero-order valence-electron chi connectivity index (χ0n) is 44.8. The van der Waals surface area contributed by atoms with Gasteiger partial charge >= 0.3 is 0 Å². The van der Waals surface area contributed by atoms with Gasteiger partial charge in [-0.05, 0) is 152 Å². The van der Waals surface area contributed by atoms with Crippen LogP contribution in [0.2, 0.25) is 0 Å². The summed E-state index contributed by atoms with van der Waals surface area (Å²) in [4.78, 5) is 93.2. The first-order valence-corrected chi connectivity index (χ1v) is 28.6. The maximum Gasteiger partial charge on any atom is 0.238 e. The molecular weight excluding hydrogens is 974 g/mol. The quantitative estimate of drug-likeness (QED) is 0.122. The van der Waals surface area contributed by atoms with Crippen molar-refractivity contribution in [2.75, 3.05) is 61.4 Å². The Morgan fingerprint density at radius 3 is 2.16 bits per heavy atom. The smallest absolute Gasteiger partial charge is 0.238 e. The van der Waals surface area contributed by atoms with Crippen LogP contribution in [0.1, 0.15) is 133 Å². The highest BCUT2D eigenvalue weighted by Gasteiger charge is 2.56. The normalized spacial score (nSPS) is 25.0. The van der Waals surface area contributed by atoms with Crippen molar-refractivity contribution in [1.29, 1.82) is 0 Å². The number of halogens is 1. The van der Waals surface area contributed by atoms with Crippen LogP contribution in [0.3, 0.4) is 0 Å². The Hall–Kier alpha value is -6.75. The minimum atomic E-state index is -0.739. The predicted octanol–water partition coefficient (Wildman–Crippen LogP) is 8.63. The van der Waals surface area contributed by atoms with Crippen molar-refractivity contribution >= 4 is 63.6 Å². The van der Waals surface area contributed by atoms with Gasteiger partial charge in [0.25, 0.3) is 0 Å². The Balaban J connectivity index is 0.701. The van der Waals surface area contributed by atoms with E-state index in [0.29, 0.717) is 101 Å². The minimum absolute atomic E-state index is 0.0823. The van der Waals surface area contributed by atoms with E-state index in [2.05, 4.69) is 62.4 Å². The Morgan fingerprint density at radius 1 is 0.792 bits per heavy atom. The molecule has 5 aliphatic heterocycles. The summed E-state index contributed by atoms with van der Waals surface area (Å²) in [6.45, 7) is 8.75. The number of aromatic nitrogens is 4. The topological polar surface area (TPSA) is 169 Å². The number of para-hydroxylation sites is 1. The lowest BCUT2D eigenvalue weighted by Gasteiger charge is -2.48. The summed E-state index contributed by atoms with van der Waals surface area (Å²) in [5.74, 6) is 0.336. The van der Waals surface area contributed by atoms with E-state index in [4.69, 9.17) is 9.97 Å². The van der Waals surface area contributed by atoms with Crippen molar-refractivity contribution in [2.45, 2.75) is 146 Å². The van der Waals surface area contributed by atoms with Gasteiger partial charge in [-0.1, -0.05) is 36.8 Å². The molecule has 2 aromatic carbocycles. The third-order valence-corrected chi connectivity index (χ3v) is 18.7. The number of pyridine rings is 2. The summed E-state index contributed by atoms with van der Waals surface area (Å²) in [7, 11) is 2.03. The molecule has 1 spiro atoms. The lowest BCUT2D eigenvalue weighted by atomic mass is 9.72. The zero-order valence-corrected chi connectivity index (χ0v) is 44.8. The number of nitrogens with one attached hydrogen (secondary N) is 2. The molecule has 16 nitrogen and oxygen atoms in total. The average molecular weight is 1050 g/mol. The molecule has 12 rings (SSSR count). The number of likely N-dealkylation sites (tertiary alicyclic amines) is 3. The largest absolute Gasteiger partial charge is 0.357 e. The van der Waals surface area contributed by atoms with Gasteiger partial charge in [-0.2, -0.15) is 0 Å². The Kier molecular flexibility index (Phi) is 13.8. The van der Waals surface area contributed by atoms with Crippen molar-refractivity contribution in [1.82, 2.24) is 39.5 Å². The number of piperidine rings is 4. The maximum absolute atomic E-state index is 15.3. The van der Waals surface area contributed by atoms with Crippen molar-refractivity contribution < 1.29 is 28.4 Å². The number of carbonyl (C=O) groups is 5. The number of imidazole rings is 1. The molecule has 17 heteroatoms. The molecule has 7 aliphatic rings.